The summed E-state index contributed by atoms with van der Waals surface area (Å²) in [6.07, 6.45) is 19.7. The van der Waals surface area contributed by atoms with Crippen LogP contribution in [0.3, 0.4) is 0 Å². The molecule has 158 valence electrons. The highest BCUT2D eigenvalue weighted by Crippen LogP contribution is 2.39. The maximum absolute atomic E-state index is 12.4. The minimum atomic E-state index is 0.0421. The van der Waals surface area contributed by atoms with Crippen molar-refractivity contribution in [3.63, 3.8) is 0 Å². The molecule has 0 aromatic heterocycles. The Morgan fingerprint density at radius 2 is 1.67 bits per heavy atom. The molecule has 2 fully saturated rings. The fourth-order valence-corrected chi connectivity index (χ4v) is 5.50. The molecule has 3 aliphatic carbocycles. The van der Waals surface area contributed by atoms with Gasteiger partial charge in [-0.15, -0.1) is 0 Å². The average Bonchev–Trinajstić information content (AvgIpc) is 3.21. The molecule has 0 radical (unpaired) electrons. The first-order valence-electron chi connectivity index (χ1n) is 11.7. The van der Waals surface area contributed by atoms with Crippen molar-refractivity contribution in [3.8, 4) is 5.75 Å². The Labute approximate surface area is 181 Å². The van der Waals surface area contributed by atoms with Crippen molar-refractivity contribution < 1.29 is 9.53 Å². The van der Waals surface area contributed by atoms with Crippen LogP contribution in [0.15, 0.2) is 66.3 Å². The van der Waals surface area contributed by atoms with Gasteiger partial charge in [0.15, 0.2) is 5.78 Å². The van der Waals surface area contributed by atoms with Crippen LogP contribution in [0.1, 0.15) is 70.3 Å². The third kappa shape index (κ3) is 4.69. The molecule has 4 rings (SSSR count). The molecule has 0 N–H and O–H groups in total. The topological polar surface area (TPSA) is 26.3 Å². The normalized spacial score (nSPS) is 26.8. The van der Waals surface area contributed by atoms with E-state index in [2.05, 4.69) is 30.8 Å². The van der Waals surface area contributed by atoms with Crippen molar-refractivity contribution in [2.75, 3.05) is 0 Å². The highest BCUT2D eigenvalue weighted by Gasteiger charge is 2.28. The Hall–Kier alpha value is -2.35. The van der Waals surface area contributed by atoms with Crippen molar-refractivity contribution >= 4 is 11.4 Å². The Morgan fingerprint density at radius 1 is 0.967 bits per heavy atom. The van der Waals surface area contributed by atoms with Gasteiger partial charge in [-0.05, 0) is 79.4 Å². The molecule has 2 nitrogen and oxygen atoms in total. The Bertz CT molecular complexity index is 862. The van der Waals surface area contributed by atoms with E-state index in [-0.39, 0.29) is 5.78 Å². The van der Waals surface area contributed by atoms with Crippen molar-refractivity contribution in [1.29, 1.82) is 0 Å². The molecule has 0 aliphatic heterocycles. The molecule has 0 heterocycles. The number of ketones is 1. The summed E-state index contributed by atoms with van der Waals surface area (Å²) < 4.78 is 6.38. The summed E-state index contributed by atoms with van der Waals surface area (Å²) in [5.74, 6) is 2.88. The van der Waals surface area contributed by atoms with Gasteiger partial charge >= 0.3 is 0 Å². The predicted octanol–water partition coefficient (Wildman–Crippen LogP) is 7.23. The summed E-state index contributed by atoms with van der Waals surface area (Å²) in [6.45, 7) is 5.77. The maximum atomic E-state index is 12.4. The van der Waals surface area contributed by atoms with Crippen LogP contribution in [0.25, 0.3) is 5.57 Å². The van der Waals surface area contributed by atoms with E-state index >= 15 is 0 Å². The van der Waals surface area contributed by atoms with Crippen LogP contribution in [0.4, 0.5) is 0 Å². The summed E-state index contributed by atoms with van der Waals surface area (Å²) >= 11 is 0. The number of hydrogen-bond donors (Lipinski definition) is 0. The van der Waals surface area contributed by atoms with Gasteiger partial charge < -0.3 is 4.74 Å². The number of carbonyl (C=O) groups excluding carboxylic acids is 1. The first-order valence-corrected chi connectivity index (χ1v) is 11.7. The molecule has 1 aromatic carbocycles. The fraction of sp³-hybridized carbons (Fsp3) is 0.464. The standard InChI is InChI=1S/C28H34O2/c1-3-20(2)28-26(12-7-13-27(28)29)23-15-18-25(19-16-23)30-24-11-6-10-22(14-17-24)21-8-4-5-9-21/h3,7,12-13,15-16,18-19,21-22,24H,1,4-6,8-11,14,17H2,2H3/b28-20+. The SMILES string of the molecule is C=C/C(C)=C1/C(=O)C=CC=C1c1ccc(OC2CCCC(C3CCCC3)CC2)cc1. The highest BCUT2D eigenvalue weighted by atomic mass is 16.5. The van der Waals surface area contributed by atoms with Gasteiger partial charge in [0.05, 0.1) is 6.10 Å². The number of allylic oxidation sites excluding steroid dienone is 7. The molecule has 1 aromatic rings. The van der Waals surface area contributed by atoms with Crippen LogP contribution in [0.2, 0.25) is 0 Å². The quantitative estimate of drug-likeness (QED) is 0.383. The molecule has 0 amide bonds. The monoisotopic (exact) mass is 402 g/mol. The van der Waals surface area contributed by atoms with Gasteiger partial charge in [0.25, 0.3) is 0 Å². The van der Waals surface area contributed by atoms with E-state index in [0.29, 0.717) is 6.10 Å². The zero-order valence-corrected chi connectivity index (χ0v) is 18.2. The lowest BCUT2D eigenvalue weighted by molar-refractivity contribution is -0.111. The van der Waals surface area contributed by atoms with E-state index in [9.17, 15) is 4.79 Å². The van der Waals surface area contributed by atoms with Crippen molar-refractivity contribution in [3.05, 3.63) is 71.9 Å². The smallest absolute Gasteiger partial charge is 0.186 e. The van der Waals surface area contributed by atoms with Gasteiger partial charge in [-0.1, -0.05) is 69.0 Å². The molecular formula is C28H34O2. The first kappa shape index (κ1) is 20.9. The summed E-state index contributed by atoms with van der Waals surface area (Å²) in [5, 5.41) is 0. The minimum Gasteiger partial charge on any atom is -0.490 e. The van der Waals surface area contributed by atoms with Gasteiger partial charge in [0.1, 0.15) is 5.75 Å². The molecule has 0 spiro atoms. The van der Waals surface area contributed by atoms with Crippen LogP contribution in [-0.2, 0) is 4.79 Å². The summed E-state index contributed by atoms with van der Waals surface area (Å²) in [7, 11) is 0. The second kappa shape index (κ2) is 9.64. The summed E-state index contributed by atoms with van der Waals surface area (Å²) in [4.78, 5) is 12.4. The van der Waals surface area contributed by atoms with E-state index < -0.39 is 0 Å². The van der Waals surface area contributed by atoms with Crippen LogP contribution in [0, 0.1) is 11.8 Å². The Balaban J connectivity index is 1.41. The Morgan fingerprint density at radius 3 is 2.40 bits per heavy atom. The van der Waals surface area contributed by atoms with E-state index in [1.165, 1.54) is 57.8 Å². The third-order valence-corrected chi connectivity index (χ3v) is 7.22. The van der Waals surface area contributed by atoms with E-state index in [4.69, 9.17) is 4.74 Å². The lowest BCUT2D eigenvalue weighted by Crippen LogP contribution is -2.16. The fourth-order valence-electron chi connectivity index (χ4n) is 5.50. The van der Waals surface area contributed by atoms with Crippen LogP contribution in [0.5, 0.6) is 5.75 Å². The molecule has 3 aliphatic rings. The third-order valence-electron chi connectivity index (χ3n) is 7.22. The lowest BCUT2D eigenvalue weighted by atomic mass is 9.85. The van der Waals surface area contributed by atoms with E-state index in [1.807, 2.05) is 19.1 Å². The summed E-state index contributed by atoms with van der Waals surface area (Å²) in [6, 6.07) is 8.25. The second-order valence-electron chi connectivity index (χ2n) is 9.14. The van der Waals surface area contributed by atoms with Crippen molar-refractivity contribution in [1.82, 2.24) is 0 Å². The molecule has 2 heteroatoms. The number of rotatable bonds is 5. The van der Waals surface area contributed by atoms with E-state index in [0.717, 1.165) is 39.9 Å². The maximum Gasteiger partial charge on any atom is 0.186 e. The number of benzene rings is 1. The average molecular weight is 403 g/mol. The molecule has 30 heavy (non-hydrogen) atoms. The molecule has 2 unspecified atom stereocenters. The van der Waals surface area contributed by atoms with Crippen LogP contribution < -0.4 is 4.74 Å². The zero-order chi connectivity index (χ0) is 20.9. The van der Waals surface area contributed by atoms with Crippen molar-refractivity contribution in [2.45, 2.75) is 70.8 Å². The molecule has 2 atom stereocenters. The molecule has 2 saturated carbocycles. The second-order valence-corrected chi connectivity index (χ2v) is 9.14. The highest BCUT2D eigenvalue weighted by molar-refractivity contribution is 6.18. The number of carbonyl (C=O) groups is 1. The van der Waals surface area contributed by atoms with Gasteiger partial charge in [-0.3, -0.25) is 4.79 Å². The van der Waals surface area contributed by atoms with Crippen LogP contribution >= 0.6 is 0 Å². The number of ether oxygens (including phenoxy) is 1. The molecule has 0 saturated heterocycles. The first-order chi connectivity index (χ1) is 14.7. The van der Waals surface area contributed by atoms with Gasteiger partial charge in [-0.25, -0.2) is 0 Å². The van der Waals surface area contributed by atoms with Crippen LogP contribution in [-0.4, -0.2) is 11.9 Å². The number of hydrogen-bond acceptors (Lipinski definition) is 2. The van der Waals surface area contributed by atoms with Gasteiger partial charge in [0.2, 0.25) is 0 Å². The van der Waals surface area contributed by atoms with Gasteiger partial charge in [0, 0.05) is 5.57 Å². The lowest BCUT2D eigenvalue weighted by Gasteiger charge is -2.22. The van der Waals surface area contributed by atoms with E-state index in [1.54, 1.807) is 12.2 Å². The van der Waals surface area contributed by atoms with Gasteiger partial charge in [-0.2, -0.15) is 0 Å². The zero-order valence-electron chi connectivity index (χ0n) is 18.2. The minimum absolute atomic E-state index is 0.0421. The summed E-state index contributed by atoms with van der Waals surface area (Å²) in [5.41, 5.74) is 3.65. The molecule has 0 bridgehead atoms. The predicted molar refractivity (Wildman–Crippen MR) is 124 cm³/mol. The van der Waals surface area contributed by atoms with Crippen molar-refractivity contribution in [2.24, 2.45) is 11.8 Å². The largest absolute Gasteiger partial charge is 0.490 e. The Kier molecular flexibility index (Phi) is 6.72. The molecular weight excluding hydrogens is 368 g/mol.